The molecule has 0 saturated carbocycles. The number of hydrogen-bond acceptors (Lipinski definition) is 3. The van der Waals surface area contributed by atoms with Gasteiger partial charge in [-0.3, -0.25) is 0 Å². The standard InChI is InChI=1S/C22H22FN3O2/c1-5-13-6-7-14-9-19(24-17(14)8-13)21-25-18-10-15(22(27)28-12(2)3)16(23)11-20(18)26(21)4/h6-12,24H,5H2,1-4H3. The van der Waals surface area contributed by atoms with Gasteiger partial charge in [-0.1, -0.05) is 19.1 Å². The van der Waals surface area contributed by atoms with Crippen molar-refractivity contribution in [1.82, 2.24) is 14.5 Å². The summed E-state index contributed by atoms with van der Waals surface area (Å²) in [6, 6.07) is 11.1. The first kappa shape index (κ1) is 18.2. The molecule has 0 saturated heterocycles. The molecule has 0 radical (unpaired) electrons. The molecule has 0 aliphatic rings. The van der Waals surface area contributed by atoms with Gasteiger partial charge in [-0.15, -0.1) is 0 Å². The first-order chi connectivity index (χ1) is 13.4. The van der Waals surface area contributed by atoms with Crippen molar-refractivity contribution in [2.75, 3.05) is 0 Å². The van der Waals surface area contributed by atoms with Crippen molar-refractivity contribution >= 4 is 27.9 Å². The molecule has 2 heterocycles. The topological polar surface area (TPSA) is 59.9 Å². The van der Waals surface area contributed by atoms with Crippen molar-refractivity contribution in [3.05, 3.63) is 53.3 Å². The first-order valence-electron chi connectivity index (χ1n) is 9.36. The van der Waals surface area contributed by atoms with Crippen molar-refractivity contribution < 1.29 is 13.9 Å². The maximum atomic E-state index is 14.5. The molecular weight excluding hydrogens is 357 g/mol. The number of fused-ring (bicyclic) bond motifs is 2. The Bertz CT molecular complexity index is 1200. The molecule has 0 fully saturated rings. The number of carbonyl (C=O) groups excluding carboxylic acids is 1. The molecule has 0 amide bonds. The lowest BCUT2D eigenvalue weighted by molar-refractivity contribution is 0.0373. The van der Waals surface area contributed by atoms with E-state index in [1.165, 1.54) is 17.7 Å². The van der Waals surface area contributed by atoms with E-state index in [-0.39, 0.29) is 11.7 Å². The summed E-state index contributed by atoms with van der Waals surface area (Å²) in [5, 5.41) is 1.09. The number of nitrogens with one attached hydrogen (secondary N) is 1. The summed E-state index contributed by atoms with van der Waals surface area (Å²) in [4.78, 5) is 20.2. The van der Waals surface area contributed by atoms with Gasteiger partial charge < -0.3 is 14.3 Å². The average molecular weight is 379 g/mol. The van der Waals surface area contributed by atoms with Crippen LogP contribution in [0.25, 0.3) is 33.5 Å². The van der Waals surface area contributed by atoms with Crippen LogP contribution in [0.4, 0.5) is 4.39 Å². The van der Waals surface area contributed by atoms with Crippen LogP contribution in [0.2, 0.25) is 0 Å². The minimum absolute atomic E-state index is 0.102. The van der Waals surface area contributed by atoms with Gasteiger partial charge in [0.15, 0.2) is 5.82 Å². The minimum atomic E-state index is -0.681. The van der Waals surface area contributed by atoms with Crippen LogP contribution in [0.3, 0.4) is 0 Å². The Morgan fingerprint density at radius 1 is 1.25 bits per heavy atom. The monoisotopic (exact) mass is 379 g/mol. The van der Waals surface area contributed by atoms with E-state index in [1.807, 2.05) is 17.7 Å². The third kappa shape index (κ3) is 3.05. The molecule has 0 spiro atoms. The fourth-order valence-corrected chi connectivity index (χ4v) is 3.40. The Balaban J connectivity index is 1.82. The Labute approximate surface area is 162 Å². The van der Waals surface area contributed by atoms with Crippen molar-refractivity contribution in [2.24, 2.45) is 7.05 Å². The van der Waals surface area contributed by atoms with E-state index in [9.17, 15) is 9.18 Å². The lowest BCUT2D eigenvalue weighted by atomic mass is 10.1. The van der Waals surface area contributed by atoms with Gasteiger partial charge in [0.2, 0.25) is 0 Å². The third-order valence-corrected chi connectivity index (χ3v) is 4.87. The molecule has 0 atom stereocenters. The highest BCUT2D eigenvalue weighted by Crippen LogP contribution is 2.28. The van der Waals surface area contributed by atoms with Crippen molar-refractivity contribution in [1.29, 1.82) is 0 Å². The van der Waals surface area contributed by atoms with Crippen LogP contribution < -0.4 is 0 Å². The number of nitrogens with zero attached hydrogens (tertiary/aromatic N) is 2. The molecule has 0 unspecified atom stereocenters. The molecule has 0 bridgehead atoms. The lowest BCUT2D eigenvalue weighted by Gasteiger charge is -2.08. The van der Waals surface area contributed by atoms with Crippen LogP contribution in [0.1, 0.15) is 36.7 Å². The van der Waals surface area contributed by atoms with Crippen molar-refractivity contribution in [3.63, 3.8) is 0 Å². The Morgan fingerprint density at radius 2 is 2.04 bits per heavy atom. The van der Waals surface area contributed by atoms with Crippen LogP contribution in [0, 0.1) is 5.82 Å². The number of aryl methyl sites for hydroxylation is 2. The smallest absolute Gasteiger partial charge is 0.341 e. The number of imidazole rings is 1. The minimum Gasteiger partial charge on any atom is -0.459 e. The fourth-order valence-electron chi connectivity index (χ4n) is 3.40. The van der Waals surface area contributed by atoms with E-state index >= 15 is 0 Å². The van der Waals surface area contributed by atoms with E-state index in [1.54, 1.807) is 13.8 Å². The van der Waals surface area contributed by atoms with Gasteiger partial charge in [0, 0.05) is 24.0 Å². The summed E-state index contributed by atoms with van der Waals surface area (Å²) in [6.45, 7) is 5.58. The Morgan fingerprint density at radius 3 is 2.75 bits per heavy atom. The second kappa shape index (κ2) is 6.78. The predicted molar refractivity (Wildman–Crippen MR) is 108 cm³/mol. The highest BCUT2D eigenvalue weighted by molar-refractivity contribution is 5.95. The van der Waals surface area contributed by atoms with Gasteiger partial charge in [-0.2, -0.15) is 0 Å². The Hall–Kier alpha value is -3.15. The van der Waals surface area contributed by atoms with E-state index in [0.29, 0.717) is 16.9 Å². The Kier molecular flexibility index (Phi) is 4.41. The molecule has 0 aliphatic carbocycles. The molecule has 6 heteroatoms. The third-order valence-electron chi connectivity index (χ3n) is 4.87. The van der Waals surface area contributed by atoms with E-state index < -0.39 is 11.8 Å². The van der Waals surface area contributed by atoms with Gasteiger partial charge in [0.05, 0.1) is 28.4 Å². The van der Waals surface area contributed by atoms with Gasteiger partial charge >= 0.3 is 5.97 Å². The van der Waals surface area contributed by atoms with Gasteiger partial charge in [0.25, 0.3) is 0 Å². The molecule has 0 aliphatic heterocycles. The maximum Gasteiger partial charge on any atom is 0.341 e. The van der Waals surface area contributed by atoms with Gasteiger partial charge in [-0.05, 0) is 44.0 Å². The van der Waals surface area contributed by atoms with Crippen molar-refractivity contribution in [2.45, 2.75) is 33.3 Å². The SMILES string of the molecule is CCc1ccc2cc(-c3nc4cc(C(=O)OC(C)C)c(F)cc4n3C)[nH]c2c1. The molecule has 28 heavy (non-hydrogen) atoms. The average Bonchev–Trinajstić information content (AvgIpc) is 3.21. The molecule has 1 N–H and O–H groups in total. The normalized spacial score (nSPS) is 11.6. The van der Waals surface area contributed by atoms with E-state index in [2.05, 4.69) is 35.1 Å². The molecule has 144 valence electrons. The molecule has 4 rings (SSSR count). The van der Waals surface area contributed by atoms with Crippen LogP contribution in [0.15, 0.2) is 36.4 Å². The number of esters is 1. The second-order valence-corrected chi connectivity index (χ2v) is 7.23. The zero-order valence-corrected chi connectivity index (χ0v) is 16.3. The number of benzene rings is 2. The quantitative estimate of drug-likeness (QED) is 0.508. The number of hydrogen-bond donors (Lipinski definition) is 1. The van der Waals surface area contributed by atoms with Crippen LogP contribution in [-0.4, -0.2) is 26.6 Å². The zero-order valence-electron chi connectivity index (χ0n) is 16.3. The van der Waals surface area contributed by atoms with Gasteiger partial charge in [-0.25, -0.2) is 14.2 Å². The number of aromatic nitrogens is 3. The predicted octanol–water partition coefficient (Wildman–Crippen LogP) is 4.99. The van der Waals surface area contributed by atoms with Crippen molar-refractivity contribution in [3.8, 4) is 11.5 Å². The highest BCUT2D eigenvalue weighted by Gasteiger charge is 2.20. The van der Waals surface area contributed by atoms with Crippen LogP contribution in [-0.2, 0) is 18.2 Å². The number of aromatic amines is 1. The largest absolute Gasteiger partial charge is 0.459 e. The summed E-state index contributed by atoms with van der Waals surface area (Å²) < 4.78 is 21.5. The molecular formula is C22H22FN3O2. The van der Waals surface area contributed by atoms with Crippen LogP contribution >= 0.6 is 0 Å². The summed E-state index contributed by atoms with van der Waals surface area (Å²) in [7, 11) is 1.83. The number of halogens is 1. The summed E-state index contributed by atoms with van der Waals surface area (Å²) in [5.41, 5.74) is 4.18. The molecule has 5 nitrogen and oxygen atoms in total. The van der Waals surface area contributed by atoms with Crippen LogP contribution in [0.5, 0.6) is 0 Å². The number of rotatable bonds is 4. The molecule has 4 aromatic rings. The van der Waals surface area contributed by atoms with Gasteiger partial charge in [0.1, 0.15) is 5.82 Å². The molecule has 2 aromatic heterocycles. The second-order valence-electron chi connectivity index (χ2n) is 7.23. The summed E-state index contributed by atoms with van der Waals surface area (Å²) in [6.07, 6.45) is 0.645. The molecule has 2 aromatic carbocycles. The number of ether oxygens (including phenoxy) is 1. The highest BCUT2D eigenvalue weighted by atomic mass is 19.1. The fraction of sp³-hybridized carbons (Fsp3) is 0.273. The number of carbonyl (C=O) groups is 1. The van der Waals surface area contributed by atoms with E-state index in [4.69, 9.17) is 4.74 Å². The zero-order chi connectivity index (χ0) is 20.0. The summed E-state index contributed by atoms with van der Waals surface area (Å²) >= 11 is 0. The van der Waals surface area contributed by atoms with E-state index in [0.717, 1.165) is 23.0 Å². The number of H-pyrrole nitrogens is 1. The summed E-state index contributed by atoms with van der Waals surface area (Å²) in [5.74, 6) is -0.616. The lowest BCUT2D eigenvalue weighted by Crippen LogP contribution is -2.13. The first-order valence-corrected chi connectivity index (χ1v) is 9.36. The maximum absolute atomic E-state index is 14.5.